The van der Waals surface area contributed by atoms with Crippen molar-refractivity contribution >= 4 is 45.6 Å². The third-order valence-corrected chi connectivity index (χ3v) is 6.68. The van der Waals surface area contributed by atoms with Gasteiger partial charge in [-0.1, -0.05) is 65.7 Å². The molecule has 8 heteroatoms. The zero-order valence-corrected chi connectivity index (χ0v) is 21.2. The highest BCUT2D eigenvalue weighted by Gasteiger charge is 2.18. The molecule has 5 rings (SSSR count). The highest BCUT2D eigenvalue weighted by Crippen LogP contribution is 2.27. The molecule has 0 atom stereocenters. The van der Waals surface area contributed by atoms with Gasteiger partial charge in [0.2, 0.25) is 0 Å². The van der Waals surface area contributed by atoms with Crippen LogP contribution in [-0.2, 0) is 13.2 Å². The summed E-state index contributed by atoms with van der Waals surface area (Å²) in [7, 11) is 0. The van der Waals surface area contributed by atoms with E-state index < -0.39 is 0 Å². The summed E-state index contributed by atoms with van der Waals surface area (Å²) in [6, 6.07) is 22.8. The van der Waals surface area contributed by atoms with Crippen molar-refractivity contribution in [1.29, 1.82) is 0 Å². The molecule has 2 heterocycles. The summed E-state index contributed by atoms with van der Waals surface area (Å²) < 4.78 is 13.6. The topological polar surface area (TPSA) is 69.3 Å². The Morgan fingerprint density at radius 1 is 1.00 bits per heavy atom. The molecule has 36 heavy (non-hydrogen) atoms. The summed E-state index contributed by atoms with van der Waals surface area (Å²) in [4.78, 5) is 12.9. The highest BCUT2D eigenvalue weighted by molar-refractivity contribution is 6.42. The summed E-state index contributed by atoms with van der Waals surface area (Å²) in [6.07, 6.45) is 0. The van der Waals surface area contributed by atoms with Crippen molar-refractivity contribution in [2.45, 2.75) is 27.0 Å². The maximum atomic E-state index is 12.9. The SMILES string of the molecule is Cc1nn(Cc2ccc(Cl)c(Cl)c2)c(C)c1NC(=O)c1ccc(COc2cccc3ccccc23)o1. The van der Waals surface area contributed by atoms with Crippen molar-refractivity contribution in [2.75, 3.05) is 5.32 Å². The average molecular weight is 520 g/mol. The molecule has 0 saturated carbocycles. The Morgan fingerprint density at radius 2 is 1.81 bits per heavy atom. The van der Waals surface area contributed by atoms with E-state index in [0.717, 1.165) is 27.8 Å². The molecule has 1 amide bonds. The van der Waals surface area contributed by atoms with Gasteiger partial charge in [0.25, 0.3) is 5.91 Å². The number of ether oxygens (including phenoxy) is 1. The Kier molecular flexibility index (Phi) is 6.72. The van der Waals surface area contributed by atoms with E-state index >= 15 is 0 Å². The number of aromatic nitrogens is 2. The van der Waals surface area contributed by atoms with E-state index in [1.54, 1.807) is 18.2 Å². The number of fused-ring (bicyclic) bond motifs is 1. The molecule has 6 nitrogen and oxygen atoms in total. The van der Waals surface area contributed by atoms with Crippen LogP contribution in [0.15, 0.2) is 77.2 Å². The van der Waals surface area contributed by atoms with Gasteiger partial charge in [0.1, 0.15) is 18.1 Å². The fraction of sp³-hybridized carbons (Fsp3) is 0.143. The summed E-state index contributed by atoms with van der Waals surface area (Å²) in [6.45, 7) is 4.45. The Balaban J connectivity index is 1.26. The molecule has 0 saturated heterocycles. The molecule has 0 unspecified atom stereocenters. The first kappa shape index (κ1) is 24.0. The van der Waals surface area contributed by atoms with E-state index in [9.17, 15) is 4.79 Å². The van der Waals surface area contributed by atoms with Gasteiger partial charge >= 0.3 is 0 Å². The fourth-order valence-corrected chi connectivity index (χ4v) is 4.39. The van der Waals surface area contributed by atoms with E-state index in [1.165, 1.54) is 0 Å². The number of hydrogen-bond donors (Lipinski definition) is 1. The molecule has 182 valence electrons. The van der Waals surface area contributed by atoms with E-state index in [-0.39, 0.29) is 18.3 Å². The van der Waals surface area contributed by atoms with Gasteiger partial charge in [-0.3, -0.25) is 9.48 Å². The zero-order valence-electron chi connectivity index (χ0n) is 19.7. The summed E-state index contributed by atoms with van der Waals surface area (Å²) in [5.74, 6) is 1.15. The molecule has 0 radical (unpaired) electrons. The number of amides is 1. The Morgan fingerprint density at radius 3 is 2.64 bits per heavy atom. The first-order valence-corrected chi connectivity index (χ1v) is 12.1. The number of furan rings is 1. The summed E-state index contributed by atoms with van der Waals surface area (Å²) >= 11 is 12.2. The normalized spacial score (nSPS) is 11.1. The number of nitrogens with one attached hydrogen (secondary N) is 1. The van der Waals surface area contributed by atoms with Gasteiger partial charge in [0, 0.05) is 5.39 Å². The van der Waals surface area contributed by atoms with Crippen molar-refractivity contribution in [2.24, 2.45) is 0 Å². The van der Waals surface area contributed by atoms with Gasteiger partial charge in [-0.2, -0.15) is 5.10 Å². The van der Waals surface area contributed by atoms with Gasteiger partial charge in [-0.05, 0) is 55.1 Å². The number of rotatable bonds is 7. The molecule has 0 aliphatic heterocycles. The van der Waals surface area contributed by atoms with Crippen molar-refractivity contribution in [3.8, 4) is 5.75 Å². The van der Waals surface area contributed by atoms with Crippen LogP contribution in [0.3, 0.4) is 0 Å². The number of anilines is 1. The first-order chi connectivity index (χ1) is 17.4. The first-order valence-electron chi connectivity index (χ1n) is 11.4. The van der Waals surface area contributed by atoms with E-state index in [0.29, 0.717) is 33.7 Å². The van der Waals surface area contributed by atoms with Gasteiger partial charge in [-0.25, -0.2) is 0 Å². The van der Waals surface area contributed by atoms with Crippen LogP contribution < -0.4 is 10.1 Å². The van der Waals surface area contributed by atoms with Crippen molar-refractivity contribution in [1.82, 2.24) is 9.78 Å². The van der Waals surface area contributed by atoms with Gasteiger partial charge in [-0.15, -0.1) is 0 Å². The van der Waals surface area contributed by atoms with Crippen LogP contribution in [0.25, 0.3) is 10.8 Å². The van der Waals surface area contributed by atoms with E-state index in [2.05, 4.69) is 10.4 Å². The Bertz CT molecular complexity index is 1570. The molecular formula is C28H23Cl2N3O3. The third kappa shape index (κ3) is 4.96. The minimum absolute atomic E-state index is 0.197. The molecule has 0 aliphatic carbocycles. The second kappa shape index (κ2) is 10.1. The van der Waals surface area contributed by atoms with Crippen LogP contribution in [-0.4, -0.2) is 15.7 Å². The third-order valence-electron chi connectivity index (χ3n) is 5.94. The smallest absolute Gasteiger partial charge is 0.291 e. The van der Waals surface area contributed by atoms with Crippen LogP contribution >= 0.6 is 23.2 Å². The average Bonchev–Trinajstić information content (AvgIpc) is 3.45. The van der Waals surface area contributed by atoms with E-state index in [4.69, 9.17) is 32.4 Å². The van der Waals surface area contributed by atoms with Crippen LogP contribution in [0.5, 0.6) is 5.75 Å². The second-order valence-corrected chi connectivity index (χ2v) is 9.25. The molecule has 3 aromatic carbocycles. The van der Waals surface area contributed by atoms with Gasteiger partial charge in [0.05, 0.1) is 33.7 Å². The quantitative estimate of drug-likeness (QED) is 0.242. The molecule has 0 fully saturated rings. The Hall–Kier alpha value is -3.74. The number of aryl methyl sites for hydroxylation is 1. The predicted octanol–water partition coefficient (Wildman–Crippen LogP) is 7.43. The van der Waals surface area contributed by atoms with Crippen molar-refractivity contribution in [3.05, 3.63) is 111 Å². The number of benzene rings is 3. The molecule has 0 aliphatic rings. The molecular weight excluding hydrogens is 497 g/mol. The molecule has 2 aromatic heterocycles. The monoisotopic (exact) mass is 519 g/mol. The lowest BCUT2D eigenvalue weighted by molar-refractivity contribution is 0.0992. The predicted molar refractivity (Wildman–Crippen MR) is 142 cm³/mol. The molecule has 0 bridgehead atoms. The number of nitrogens with zero attached hydrogens (tertiary/aromatic N) is 2. The fourth-order valence-electron chi connectivity index (χ4n) is 4.07. The van der Waals surface area contributed by atoms with Crippen LogP contribution in [0.2, 0.25) is 10.0 Å². The van der Waals surface area contributed by atoms with Gasteiger partial charge in [0.15, 0.2) is 5.76 Å². The van der Waals surface area contributed by atoms with Crippen molar-refractivity contribution < 1.29 is 13.9 Å². The largest absolute Gasteiger partial charge is 0.485 e. The maximum absolute atomic E-state index is 12.9. The molecule has 0 spiro atoms. The van der Waals surface area contributed by atoms with E-state index in [1.807, 2.05) is 73.1 Å². The molecule has 1 N–H and O–H groups in total. The van der Waals surface area contributed by atoms with Crippen LogP contribution in [0, 0.1) is 13.8 Å². The standard InChI is InChI=1S/C28H23Cl2N3O3/c1-17-27(18(2)33(32-17)15-19-10-12-23(29)24(30)14-19)31-28(34)26-13-11-21(36-26)16-35-25-9-5-7-20-6-3-4-8-22(20)25/h3-14H,15-16H2,1-2H3,(H,31,34). The number of halogens is 2. The molecule has 5 aromatic rings. The zero-order chi connectivity index (χ0) is 25.2. The number of carbonyl (C=O) groups is 1. The summed E-state index contributed by atoms with van der Waals surface area (Å²) in [5.41, 5.74) is 3.12. The van der Waals surface area contributed by atoms with Crippen LogP contribution in [0.4, 0.5) is 5.69 Å². The highest BCUT2D eigenvalue weighted by atomic mass is 35.5. The lowest BCUT2D eigenvalue weighted by Crippen LogP contribution is -2.12. The number of carbonyl (C=O) groups excluding carboxylic acids is 1. The van der Waals surface area contributed by atoms with Crippen LogP contribution in [0.1, 0.15) is 33.3 Å². The lowest BCUT2D eigenvalue weighted by Gasteiger charge is -2.08. The minimum atomic E-state index is -0.355. The van der Waals surface area contributed by atoms with Gasteiger partial charge < -0.3 is 14.5 Å². The lowest BCUT2D eigenvalue weighted by atomic mass is 10.1. The number of hydrogen-bond acceptors (Lipinski definition) is 4. The maximum Gasteiger partial charge on any atom is 0.291 e. The minimum Gasteiger partial charge on any atom is -0.485 e. The Labute approximate surface area is 218 Å². The van der Waals surface area contributed by atoms with Crippen molar-refractivity contribution in [3.63, 3.8) is 0 Å². The summed E-state index contributed by atoms with van der Waals surface area (Å²) in [5, 5.41) is 10.6. The second-order valence-electron chi connectivity index (χ2n) is 8.44.